The molecule has 7 rings (SSSR count). The Morgan fingerprint density at radius 2 is 1.50 bits per heavy atom. The summed E-state index contributed by atoms with van der Waals surface area (Å²) in [7, 11) is 0. The SMILES string of the molecule is CCC(CC)C(=O)/C=C(\O)C(CC)CC.Cc1c2ccccc2[c-]c2c3nccc4ccc5c6ccccc6n(c12)c5c43.[Ir]. The summed E-state index contributed by atoms with van der Waals surface area (Å²) in [5.74, 6) is 0.547. The van der Waals surface area contributed by atoms with Crippen LogP contribution in [0.1, 0.15) is 58.9 Å². The number of ketones is 1. The van der Waals surface area contributed by atoms with E-state index in [-0.39, 0.29) is 43.5 Å². The molecule has 7 aromatic rings. The molecule has 1 N–H and O–H groups in total. The van der Waals surface area contributed by atoms with Crippen LogP contribution in [-0.2, 0) is 24.9 Å². The number of rotatable bonds is 7. The molecule has 3 heterocycles. The Morgan fingerprint density at radius 3 is 2.20 bits per heavy atom. The first kappa shape index (κ1) is 31.6. The Morgan fingerprint density at radius 1 is 0.841 bits per heavy atom. The normalized spacial score (nSPS) is 12.2. The fourth-order valence-electron chi connectivity index (χ4n) is 6.80. The second-order valence-electron chi connectivity index (χ2n) is 11.6. The zero-order valence-electron chi connectivity index (χ0n) is 26.1. The summed E-state index contributed by atoms with van der Waals surface area (Å²) in [5.41, 5.74) is 6.04. The number of allylic oxidation sites excluding steroid dienone is 2. The van der Waals surface area contributed by atoms with Crippen molar-refractivity contribution in [3.05, 3.63) is 96.4 Å². The van der Waals surface area contributed by atoms with Gasteiger partial charge in [0.1, 0.15) is 0 Å². The summed E-state index contributed by atoms with van der Waals surface area (Å²) < 4.78 is 2.44. The third-order valence-electron chi connectivity index (χ3n) is 9.29. The molecule has 0 aliphatic carbocycles. The Bertz CT molecular complexity index is 2130. The fraction of sp³-hybridized carbons (Fsp3) is 0.282. The summed E-state index contributed by atoms with van der Waals surface area (Å²) in [6.07, 6.45) is 6.83. The molecule has 44 heavy (non-hydrogen) atoms. The van der Waals surface area contributed by atoms with E-state index in [1.807, 2.05) is 33.9 Å². The molecule has 0 aliphatic heterocycles. The van der Waals surface area contributed by atoms with Crippen molar-refractivity contribution < 1.29 is 30.0 Å². The Kier molecular flexibility index (Phi) is 9.39. The van der Waals surface area contributed by atoms with Crippen LogP contribution in [0, 0.1) is 24.8 Å². The molecule has 5 heteroatoms. The number of carbonyl (C=O) groups is 1. The van der Waals surface area contributed by atoms with Crippen LogP contribution in [0.15, 0.2) is 84.8 Å². The van der Waals surface area contributed by atoms with Gasteiger partial charge in [-0.15, -0.1) is 17.5 Å². The van der Waals surface area contributed by atoms with E-state index in [0.717, 1.165) is 42.0 Å². The first-order valence-electron chi connectivity index (χ1n) is 15.6. The van der Waals surface area contributed by atoms with Gasteiger partial charge < -0.3 is 9.51 Å². The molecular formula is C39H39IrN2O2-. The van der Waals surface area contributed by atoms with Gasteiger partial charge in [-0.05, 0) is 54.1 Å². The number of pyridine rings is 2. The van der Waals surface area contributed by atoms with E-state index in [1.165, 1.54) is 55.1 Å². The van der Waals surface area contributed by atoms with E-state index >= 15 is 0 Å². The van der Waals surface area contributed by atoms with Gasteiger partial charge in [-0.1, -0.05) is 99.5 Å². The second kappa shape index (κ2) is 13.1. The summed E-state index contributed by atoms with van der Waals surface area (Å²) in [6.45, 7) is 10.3. The Balaban J connectivity index is 0.000000209. The summed E-state index contributed by atoms with van der Waals surface area (Å²) in [4.78, 5) is 16.6. The first-order valence-corrected chi connectivity index (χ1v) is 15.6. The van der Waals surface area contributed by atoms with Gasteiger partial charge in [-0.3, -0.25) is 9.78 Å². The number of hydrogen-bond donors (Lipinski definition) is 1. The van der Waals surface area contributed by atoms with Crippen molar-refractivity contribution in [1.29, 1.82) is 0 Å². The number of aliphatic hydroxyl groups excluding tert-OH is 1. The average Bonchev–Trinajstić information content (AvgIpc) is 3.37. The summed E-state index contributed by atoms with van der Waals surface area (Å²) in [5, 5.41) is 18.3. The summed E-state index contributed by atoms with van der Waals surface area (Å²) in [6, 6.07) is 27.5. The molecule has 0 saturated carbocycles. The predicted octanol–water partition coefficient (Wildman–Crippen LogP) is 10.5. The van der Waals surface area contributed by atoms with Crippen LogP contribution in [0.5, 0.6) is 0 Å². The van der Waals surface area contributed by atoms with Crippen LogP contribution in [-0.4, -0.2) is 20.3 Å². The fourth-order valence-corrected chi connectivity index (χ4v) is 6.80. The third-order valence-corrected chi connectivity index (χ3v) is 9.29. The van der Waals surface area contributed by atoms with Crippen LogP contribution < -0.4 is 0 Å². The number of fused-ring (bicyclic) bond motifs is 7. The maximum Gasteiger partial charge on any atom is 0.162 e. The molecule has 0 fully saturated rings. The zero-order valence-corrected chi connectivity index (χ0v) is 28.5. The molecule has 0 bridgehead atoms. The zero-order chi connectivity index (χ0) is 30.2. The van der Waals surface area contributed by atoms with E-state index in [9.17, 15) is 9.90 Å². The number of aryl methyl sites for hydroxylation is 1. The number of carbonyl (C=O) groups excluding carboxylic acids is 1. The smallest absolute Gasteiger partial charge is 0.162 e. The first-order chi connectivity index (χ1) is 20.9. The van der Waals surface area contributed by atoms with Crippen molar-refractivity contribution in [3.63, 3.8) is 0 Å². The van der Waals surface area contributed by atoms with Crippen LogP contribution in [0.25, 0.3) is 59.8 Å². The minimum Gasteiger partial charge on any atom is -0.512 e. The van der Waals surface area contributed by atoms with E-state index < -0.39 is 0 Å². The Hall–Kier alpha value is -3.79. The van der Waals surface area contributed by atoms with E-state index in [0.29, 0.717) is 0 Å². The van der Waals surface area contributed by atoms with Crippen molar-refractivity contribution in [1.82, 2.24) is 9.38 Å². The van der Waals surface area contributed by atoms with Crippen LogP contribution >= 0.6 is 0 Å². The molecule has 0 atom stereocenters. The number of hydrogen-bond acceptors (Lipinski definition) is 3. The second-order valence-corrected chi connectivity index (χ2v) is 11.6. The number of aromatic nitrogens is 2. The monoisotopic (exact) mass is 760 g/mol. The molecule has 3 aromatic heterocycles. The number of benzene rings is 4. The molecule has 0 spiro atoms. The quantitative estimate of drug-likeness (QED) is 0.0579. The number of aliphatic hydroxyl groups is 1. The minimum atomic E-state index is 0. The van der Waals surface area contributed by atoms with Gasteiger partial charge in [-0.25, -0.2) is 0 Å². The molecule has 4 nitrogen and oxygen atoms in total. The molecule has 0 unspecified atom stereocenters. The minimum absolute atomic E-state index is 0. The average molecular weight is 760 g/mol. The largest absolute Gasteiger partial charge is 0.512 e. The molecular weight excluding hydrogens is 721 g/mol. The van der Waals surface area contributed by atoms with Gasteiger partial charge >= 0.3 is 0 Å². The maximum atomic E-state index is 11.7. The molecule has 1 radical (unpaired) electrons. The van der Waals surface area contributed by atoms with Crippen molar-refractivity contribution in [2.45, 2.75) is 60.3 Å². The van der Waals surface area contributed by atoms with Crippen molar-refractivity contribution in [2.24, 2.45) is 11.8 Å². The van der Waals surface area contributed by atoms with E-state index in [2.05, 4.69) is 84.1 Å². The summed E-state index contributed by atoms with van der Waals surface area (Å²) >= 11 is 0. The van der Waals surface area contributed by atoms with Gasteiger partial charge in [-0.2, -0.15) is 0 Å². The number of para-hydroxylation sites is 1. The number of nitrogens with zero attached hydrogens (tertiary/aromatic N) is 2. The van der Waals surface area contributed by atoms with Gasteiger partial charge in [0.15, 0.2) is 5.78 Å². The van der Waals surface area contributed by atoms with Crippen molar-refractivity contribution in [3.8, 4) is 0 Å². The predicted molar refractivity (Wildman–Crippen MR) is 181 cm³/mol. The molecule has 0 aliphatic rings. The Labute approximate surface area is 272 Å². The van der Waals surface area contributed by atoms with Gasteiger partial charge in [0.25, 0.3) is 0 Å². The third kappa shape index (κ3) is 5.16. The molecule has 0 saturated heterocycles. The molecule has 227 valence electrons. The van der Waals surface area contributed by atoms with Gasteiger partial charge in [0.2, 0.25) is 0 Å². The topological polar surface area (TPSA) is 54.6 Å². The van der Waals surface area contributed by atoms with Gasteiger partial charge in [0.05, 0.1) is 5.76 Å². The van der Waals surface area contributed by atoms with E-state index in [4.69, 9.17) is 4.98 Å². The van der Waals surface area contributed by atoms with Crippen LogP contribution in [0.2, 0.25) is 0 Å². The van der Waals surface area contributed by atoms with Crippen LogP contribution in [0.3, 0.4) is 0 Å². The van der Waals surface area contributed by atoms with Crippen LogP contribution in [0.4, 0.5) is 0 Å². The van der Waals surface area contributed by atoms with E-state index in [1.54, 1.807) is 0 Å². The van der Waals surface area contributed by atoms with Crippen molar-refractivity contribution in [2.75, 3.05) is 0 Å². The van der Waals surface area contributed by atoms with Crippen molar-refractivity contribution >= 4 is 65.6 Å². The van der Waals surface area contributed by atoms with Gasteiger partial charge in [0, 0.05) is 71.5 Å². The molecule has 4 aromatic carbocycles. The maximum absolute atomic E-state index is 11.7. The standard InChI is InChI=1S/C26H15N2.C13H24O2.Ir/c1-15-18-7-3-2-6-17(18)14-21-24-23-16(12-13-27-24)10-11-20-19-8-4-5-9-22(19)28(25(15)21)26(20)23;1-5-10(6-2)12(14)9-13(15)11(7-3)8-4;/h2-13H,1H3;9-11,14H,5-8H2,1-4H3;/q-1;;/b;12-9-;. The molecule has 0 amide bonds.